The second-order valence-electron chi connectivity index (χ2n) is 5.22. The van der Waals surface area contributed by atoms with Crippen molar-refractivity contribution in [1.29, 1.82) is 0 Å². The third-order valence-corrected chi connectivity index (χ3v) is 3.75. The van der Waals surface area contributed by atoms with Gasteiger partial charge in [-0.2, -0.15) is 0 Å². The molecule has 2 atom stereocenters. The number of aryl methyl sites for hydroxylation is 2. The van der Waals surface area contributed by atoms with Crippen LogP contribution in [0, 0.1) is 0 Å². The number of carbonyl (C=O) groups is 1. The Morgan fingerprint density at radius 1 is 1.32 bits per heavy atom. The topological polar surface area (TPSA) is 69.6 Å². The van der Waals surface area contributed by atoms with Gasteiger partial charge in [0.05, 0.1) is 6.10 Å². The third kappa shape index (κ3) is 3.55. The minimum Gasteiger partial charge on any atom is -0.480 e. The molecule has 0 radical (unpaired) electrons. The van der Waals surface area contributed by atoms with Crippen molar-refractivity contribution in [2.24, 2.45) is 0 Å². The Bertz CT molecular complexity index is 459. The van der Waals surface area contributed by atoms with E-state index in [4.69, 9.17) is 5.11 Å². The lowest BCUT2D eigenvalue weighted by Gasteiger charge is -2.19. The Morgan fingerprint density at radius 2 is 2.00 bits per heavy atom. The molecule has 1 aromatic carbocycles. The van der Waals surface area contributed by atoms with E-state index >= 15 is 0 Å². The Labute approximate surface area is 113 Å². The molecule has 1 aromatic rings. The summed E-state index contributed by atoms with van der Waals surface area (Å²) in [6, 6.07) is 5.45. The predicted octanol–water partition coefficient (Wildman–Crippen LogP) is 1.66. The number of benzene rings is 1. The van der Waals surface area contributed by atoms with Crippen LogP contribution in [0.25, 0.3) is 0 Å². The van der Waals surface area contributed by atoms with Gasteiger partial charge in [0.1, 0.15) is 6.04 Å². The van der Waals surface area contributed by atoms with Crippen molar-refractivity contribution >= 4 is 5.97 Å². The quantitative estimate of drug-likeness (QED) is 0.755. The maximum absolute atomic E-state index is 10.7. The first kappa shape index (κ1) is 14.0. The minimum absolute atomic E-state index is 0.256. The molecule has 0 bridgehead atoms. The highest BCUT2D eigenvalue weighted by Crippen LogP contribution is 2.24. The van der Waals surface area contributed by atoms with E-state index in [2.05, 4.69) is 17.4 Å². The van der Waals surface area contributed by atoms with Crippen LogP contribution in [0.4, 0.5) is 0 Å². The molecule has 0 amide bonds. The fourth-order valence-electron chi connectivity index (χ4n) is 2.45. The Morgan fingerprint density at radius 3 is 2.68 bits per heavy atom. The fraction of sp³-hybridized carbons (Fsp3) is 0.533. The standard InChI is InChI=1S/C15H21NO3/c1-10(15(18)19)16-9-14(17)13-7-6-11-4-2-3-5-12(11)8-13/h6-8,10,14,16-17H,2-5,9H2,1H3,(H,18,19). The largest absolute Gasteiger partial charge is 0.480 e. The van der Waals surface area contributed by atoms with Crippen LogP contribution in [0.1, 0.15) is 42.6 Å². The van der Waals surface area contributed by atoms with E-state index in [0.717, 1.165) is 18.4 Å². The summed E-state index contributed by atoms with van der Waals surface area (Å²) < 4.78 is 0. The van der Waals surface area contributed by atoms with Crippen molar-refractivity contribution < 1.29 is 15.0 Å². The summed E-state index contributed by atoms with van der Waals surface area (Å²) in [6.45, 7) is 1.83. The van der Waals surface area contributed by atoms with Crippen LogP contribution in [0.5, 0.6) is 0 Å². The molecule has 19 heavy (non-hydrogen) atoms. The summed E-state index contributed by atoms with van der Waals surface area (Å²) >= 11 is 0. The van der Waals surface area contributed by atoms with Crippen molar-refractivity contribution in [2.75, 3.05) is 6.54 Å². The molecule has 0 saturated heterocycles. The van der Waals surface area contributed by atoms with Crippen LogP contribution >= 0.6 is 0 Å². The van der Waals surface area contributed by atoms with Gasteiger partial charge in [0.15, 0.2) is 0 Å². The average Bonchev–Trinajstić information content (AvgIpc) is 2.43. The zero-order valence-electron chi connectivity index (χ0n) is 11.2. The molecule has 3 N–H and O–H groups in total. The van der Waals surface area contributed by atoms with Gasteiger partial charge in [-0.1, -0.05) is 18.2 Å². The minimum atomic E-state index is -0.905. The van der Waals surface area contributed by atoms with Crippen molar-refractivity contribution in [3.05, 3.63) is 34.9 Å². The Kier molecular flexibility index (Phi) is 4.56. The number of aliphatic carboxylic acids is 1. The first-order valence-electron chi connectivity index (χ1n) is 6.84. The number of nitrogens with one attached hydrogen (secondary N) is 1. The van der Waals surface area contributed by atoms with Crippen LogP contribution < -0.4 is 5.32 Å². The van der Waals surface area contributed by atoms with E-state index in [-0.39, 0.29) is 6.54 Å². The zero-order chi connectivity index (χ0) is 13.8. The van der Waals surface area contributed by atoms with Crippen LogP contribution in [0.2, 0.25) is 0 Å². The van der Waals surface area contributed by atoms with Gasteiger partial charge in [-0.05, 0) is 49.3 Å². The van der Waals surface area contributed by atoms with Crippen LogP contribution in [0.3, 0.4) is 0 Å². The second kappa shape index (κ2) is 6.17. The fourth-order valence-corrected chi connectivity index (χ4v) is 2.45. The van der Waals surface area contributed by atoms with Gasteiger partial charge in [0.25, 0.3) is 0 Å². The number of hydrogen-bond donors (Lipinski definition) is 3. The maximum Gasteiger partial charge on any atom is 0.320 e. The molecule has 2 unspecified atom stereocenters. The summed E-state index contributed by atoms with van der Waals surface area (Å²) in [5.74, 6) is -0.905. The van der Waals surface area contributed by atoms with E-state index in [1.54, 1.807) is 6.92 Å². The van der Waals surface area contributed by atoms with Crippen molar-refractivity contribution in [2.45, 2.75) is 44.8 Å². The monoisotopic (exact) mass is 263 g/mol. The Hall–Kier alpha value is -1.39. The molecule has 0 spiro atoms. The molecule has 4 nitrogen and oxygen atoms in total. The first-order chi connectivity index (χ1) is 9.08. The lowest BCUT2D eigenvalue weighted by molar-refractivity contribution is -0.139. The second-order valence-corrected chi connectivity index (χ2v) is 5.22. The van der Waals surface area contributed by atoms with Crippen molar-refractivity contribution in [1.82, 2.24) is 5.32 Å². The van der Waals surface area contributed by atoms with E-state index < -0.39 is 18.1 Å². The molecule has 104 valence electrons. The number of carboxylic acid groups (broad SMARTS) is 1. The van der Waals surface area contributed by atoms with E-state index in [1.165, 1.54) is 24.0 Å². The summed E-state index contributed by atoms with van der Waals surface area (Å²) in [4.78, 5) is 10.7. The smallest absolute Gasteiger partial charge is 0.320 e. The number of carboxylic acids is 1. The molecular weight excluding hydrogens is 242 g/mol. The van der Waals surface area contributed by atoms with E-state index in [1.807, 2.05) is 6.07 Å². The summed E-state index contributed by atoms with van der Waals surface area (Å²) in [6.07, 6.45) is 4.00. The van der Waals surface area contributed by atoms with Gasteiger partial charge < -0.3 is 15.5 Å². The highest BCUT2D eigenvalue weighted by Gasteiger charge is 2.16. The van der Waals surface area contributed by atoms with Gasteiger partial charge in [0, 0.05) is 6.54 Å². The molecule has 0 heterocycles. The van der Waals surface area contributed by atoms with Crippen molar-refractivity contribution in [3.8, 4) is 0 Å². The van der Waals surface area contributed by atoms with Gasteiger partial charge in [-0.25, -0.2) is 0 Å². The summed E-state index contributed by atoms with van der Waals surface area (Å²) in [7, 11) is 0. The molecule has 0 aromatic heterocycles. The highest BCUT2D eigenvalue weighted by molar-refractivity contribution is 5.72. The average molecular weight is 263 g/mol. The highest BCUT2D eigenvalue weighted by atomic mass is 16.4. The molecule has 1 aliphatic rings. The molecule has 0 fully saturated rings. The van der Waals surface area contributed by atoms with Crippen LogP contribution in [-0.2, 0) is 17.6 Å². The van der Waals surface area contributed by atoms with Gasteiger partial charge in [-0.15, -0.1) is 0 Å². The van der Waals surface area contributed by atoms with E-state index in [0.29, 0.717) is 0 Å². The van der Waals surface area contributed by atoms with Gasteiger partial charge >= 0.3 is 5.97 Å². The molecule has 2 rings (SSSR count). The molecular formula is C15H21NO3. The molecule has 0 aliphatic heterocycles. The lowest BCUT2D eigenvalue weighted by Crippen LogP contribution is -2.36. The first-order valence-corrected chi connectivity index (χ1v) is 6.84. The third-order valence-electron chi connectivity index (χ3n) is 3.75. The van der Waals surface area contributed by atoms with Crippen LogP contribution in [0.15, 0.2) is 18.2 Å². The number of hydrogen-bond acceptors (Lipinski definition) is 3. The molecule has 4 heteroatoms. The van der Waals surface area contributed by atoms with Gasteiger partial charge in [0.2, 0.25) is 0 Å². The summed E-state index contributed by atoms with van der Waals surface area (Å²) in [5, 5.41) is 21.7. The number of rotatable bonds is 5. The van der Waals surface area contributed by atoms with Gasteiger partial charge in [-0.3, -0.25) is 4.79 Å². The maximum atomic E-state index is 10.7. The number of aliphatic hydroxyl groups excluding tert-OH is 1. The summed E-state index contributed by atoms with van der Waals surface area (Å²) in [5.41, 5.74) is 3.58. The SMILES string of the molecule is CC(NCC(O)c1ccc2c(c1)CCCC2)C(=O)O. The normalized spacial score (nSPS) is 17.6. The lowest BCUT2D eigenvalue weighted by atomic mass is 9.89. The predicted molar refractivity (Wildman–Crippen MR) is 73.1 cm³/mol. The molecule has 1 aliphatic carbocycles. The van der Waals surface area contributed by atoms with E-state index in [9.17, 15) is 9.90 Å². The van der Waals surface area contributed by atoms with Crippen molar-refractivity contribution in [3.63, 3.8) is 0 Å². The number of fused-ring (bicyclic) bond motifs is 1. The number of aliphatic hydroxyl groups is 1. The molecule has 0 saturated carbocycles. The Balaban J connectivity index is 1.99. The zero-order valence-corrected chi connectivity index (χ0v) is 11.2. The van der Waals surface area contributed by atoms with Crippen LogP contribution in [-0.4, -0.2) is 28.8 Å².